The van der Waals surface area contributed by atoms with Crippen molar-refractivity contribution in [1.82, 2.24) is 4.57 Å². The zero-order valence-corrected chi connectivity index (χ0v) is 15.9. The number of ether oxygens (including phenoxy) is 1. The highest BCUT2D eigenvalue weighted by atomic mass is 32.1. The van der Waals surface area contributed by atoms with Gasteiger partial charge in [0.25, 0.3) is 0 Å². The average molecular weight is 370 g/mol. The number of carbonyl (C=O) groups is 2. The molecule has 0 bridgehead atoms. The largest absolute Gasteiger partial charge is 0.464 e. The molecule has 1 amide bonds. The minimum absolute atomic E-state index is 0.137. The molecule has 0 aliphatic rings. The summed E-state index contributed by atoms with van der Waals surface area (Å²) in [5, 5.41) is 4.99. The summed E-state index contributed by atoms with van der Waals surface area (Å²) in [5.74, 6) is -0.573. The van der Waals surface area contributed by atoms with Gasteiger partial charge in [-0.05, 0) is 42.0 Å². The minimum Gasteiger partial charge on any atom is -0.464 e. The second kappa shape index (κ2) is 7.74. The zero-order valence-electron chi connectivity index (χ0n) is 15.1. The van der Waals surface area contributed by atoms with Gasteiger partial charge in [0.05, 0.1) is 17.3 Å². The van der Waals surface area contributed by atoms with Gasteiger partial charge in [0.15, 0.2) is 0 Å². The quantitative estimate of drug-likeness (QED) is 0.643. The van der Waals surface area contributed by atoms with Crippen LogP contribution >= 0.6 is 11.3 Å². The monoisotopic (exact) mass is 370 g/mol. The van der Waals surface area contributed by atoms with E-state index in [4.69, 9.17) is 4.74 Å². The van der Waals surface area contributed by atoms with Crippen molar-refractivity contribution in [3.05, 3.63) is 53.0 Å². The first-order valence-electron chi connectivity index (χ1n) is 8.66. The molecule has 0 aliphatic heterocycles. The number of hydrogen-bond donors (Lipinski definition) is 1. The Morgan fingerprint density at radius 2 is 2.00 bits per heavy atom. The second-order valence-electron chi connectivity index (χ2n) is 5.99. The first-order valence-corrected chi connectivity index (χ1v) is 9.54. The maximum atomic E-state index is 13.1. The lowest BCUT2D eigenvalue weighted by Crippen LogP contribution is -2.28. The van der Waals surface area contributed by atoms with Crippen molar-refractivity contribution < 1.29 is 14.3 Å². The van der Waals surface area contributed by atoms with E-state index in [9.17, 15) is 9.59 Å². The van der Waals surface area contributed by atoms with E-state index < -0.39 is 12.0 Å². The summed E-state index contributed by atoms with van der Waals surface area (Å²) in [5.41, 5.74) is 3.17. The van der Waals surface area contributed by atoms with E-state index in [1.54, 1.807) is 10.6 Å². The van der Waals surface area contributed by atoms with Crippen LogP contribution in [0.25, 0.3) is 10.2 Å². The minimum atomic E-state index is -0.499. The Kier molecular flexibility index (Phi) is 5.42. The van der Waals surface area contributed by atoms with Crippen LogP contribution < -0.4 is 5.32 Å². The molecule has 6 heteroatoms. The molecular formula is C20H22N2O3S. The summed E-state index contributed by atoms with van der Waals surface area (Å²) in [7, 11) is 1.35. The number of aromatic nitrogens is 1. The Labute approximate surface area is 156 Å². The molecule has 2 heterocycles. The Bertz CT molecular complexity index is 942. The van der Waals surface area contributed by atoms with Crippen LogP contribution in [0.3, 0.4) is 0 Å². The van der Waals surface area contributed by atoms with Gasteiger partial charge in [0.1, 0.15) is 11.7 Å². The van der Waals surface area contributed by atoms with E-state index in [1.165, 1.54) is 18.4 Å². The van der Waals surface area contributed by atoms with Crippen molar-refractivity contribution in [3.63, 3.8) is 0 Å². The Balaban J connectivity index is 2.00. The van der Waals surface area contributed by atoms with E-state index >= 15 is 0 Å². The molecule has 2 aromatic heterocycles. The summed E-state index contributed by atoms with van der Waals surface area (Å²) in [6.45, 7) is 3.99. The zero-order chi connectivity index (χ0) is 18.7. The molecule has 0 spiro atoms. The third-order valence-corrected chi connectivity index (χ3v) is 5.37. The maximum Gasteiger partial charge on any atom is 0.354 e. The van der Waals surface area contributed by atoms with Gasteiger partial charge in [-0.2, -0.15) is 0 Å². The number of para-hydroxylation sites is 1. The predicted octanol–water partition coefficient (Wildman–Crippen LogP) is 4.64. The van der Waals surface area contributed by atoms with E-state index in [2.05, 4.69) is 12.2 Å². The topological polar surface area (TPSA) is 60.3 Å². The molecule has 136 valence electrons. The Morgan fingerprint density at radius 1 is 1.23 bits per heavy atom. The molecule has 1 aromatic carbocycles. The van der Waals surface area contributed by atoms with Gasteiger partial charge in [0.2, 0.25) is 5.91 Å². The number of methoxy groups -OCH3 is 1. The van der Waals surface area contributed by atoms with Crippen LogP contribution in [0.15, 0.2) is 41.8 Å². The van der Waals surface area contributed by atoms with Gasteiger partial charge in [-0.25, -0.2) is 4.79 Å². The molecule has 1 unspecified atom stereocenters. The van der Waals surface area contributed by atoms with E-state index in [1.807, 2.05) is 42.6 Å². The van der Waals surface area contributed by atoms with Crippen molar-refractivity contribution in [2.75, 3.05) is 12.4 Å². The number of nitrogens with one attached hydrogen (secondary N) is 1. The first-order chi connectivity index (χ1) is 12.6. The summed E-state index contributed by atoms with van der Waals surface area (Å²) in [6.07, 6.45) is 1.39. The van der Waals surface area contributed by atoms with Crippen LogP contribution in [-0.2, 0) is 16.0 Å². The molecule has 3 rings (SSSR count). The highest BCUT2D eigenvalue weighted by molar-refractivity contribution is 7.17. The molecule has 26 heavy (non-hydrogen) atoms. The average Bonchev–Trinajstić information content (AvgIpc) is 3.24. The second-order valence-corrected chi connectivity index (χ2v) is 6.93. The van der Waals surface area contributed by atoms with Crippen molar-refractivity contribution in [3.8, 4) is 0 Å². The molecule has 0 aliphatic carbocycles. The smallest absolute Gasteiger partial charge is 0.354 e. The van der Waals surface area contributed by atoms with Crippen molar-refractivity contribution in [1.29, 1.82) is 0 Å². The summed E-state index contributed by atoms with van der Waals surface area (Å²) in [4.78, 5) is 25.3. The highest BCUT2D eigenvalue weighted by Crippen LogP contribution is 2.31. The lowest BCUT2D eigenvalue weighted by Gasteiger charge is -2.21. The number of anilines is 1. The van der Waals surface area contributed by atoms with Crippen molar-refractivity contribution in [2.45, 2.75) is 32.7 Å². The third kappa shape index (κ3) is 3.24. The number of amides is 1. The van der Waals surface area contributed by atoms with Gasteiger partial charge >= 0.3 is 5.97 Å². The van der Waals surface area contributed by atoms with Gasteiger partial charge < -0.3 is 14.6 Å². The standard InChI is InChI=1S/C20H22N2O3S/c1-4-13-8-6-7-9-14(13)21-19(23)15(5-2)22-16-10-11-26-18(16)12-17(22)20(24)25-3/h6-12,15H,4-5H2,1-3H3,(H,21,23). The van der Waals surface area contributed by atoms with Gasteiger partial charge in [-0.15, -0.1) is 11.3 Å². The van der Waals surface area contributed by atoms with Gasteiger partial charge in [0, 0.05) is 5.69 Å². The fraction of sp³-hybridized carbons (Fsp3) is 0.300. The number of aryl methyl sites for hydroxylation is 1. The van der Waals surface area contributed by atoms with Crippen LogP contribution in [0.4, 0.5) is 5.69 Å². The van der Waals surface area contributed by atoms with Crippen LogP contribution in [0.2, 0.25) is 0 Å². The van der Waals surface area contributed by atoms with Crippen LogP contribution in [0.1, 0.15) is 42.4 Å². The fourth-order valence-electron chi connectivity index (χ4n) is 3.19. The summed E-state index contributed by atoms with van der Waals surface area (Å²) < 4.78 is 7.67. The SMILES string of the molecule is CCc1ccccc1NC(=O)C(CC)n1c(C(=O)OC)cc2sccc21. The molecule has 0 saturated carbocycles. The summed E-state index contributed by atoms with van der Waals surface area (Å²) in [6, 6.07) is 11.0. The van der Waals surface area contributed by atoms with Crippen molar-refractivity contribution >= 4 is 39.1 Å². The molecule has 1 N–H and O–H groups in total. The van der Waals surface area contributed by atoms with E-state index in [0.717, 1.165) is 27.9 Å². The third-order valence-electron chi connectivity index (χ3n) is 4.51. The molecule has 0 fully saturated rings. The predicted molar refractivity (Wildman–Crippen MR) is 105 cm³/mol. The molecule has 1 atom stereocenters. The van der Waals surface area contributed by atoms with Crippen LogP contribution in [-0.4, -0.2) is 23.6 Å². The number of rotatable bonds is 6. The summed E-state index contributed by atoms with van der Waals surface area (Å²) >= 11 is 1.54. The normalized spacial score (nSPS) is 12.1. The molecular weight excluding hydrogens is 348 g/mol. The molecule has 0 radical (unpaired) electrons. The Morgan fingerprint density at radius 3 is 2.69 bits per heavy atom. The van der Waals surface area contributed by atoms with Gasteiger partial charge in [-0.1, -0.05) is 32.0 Å². The number of benzene rings is 1. The molecule has 3 aromatic rings. The van der Waals surface area contributed by atoms with Gasteiger partial charge in [-0.3, -0.25) is 4.79 Å². The van der Waals surface area contributed by atoms with Crippen LogP contribution in [0, 0.1) is 0 Å². The number of carbonyl (C=O) groups excluding carboxylic acids is 2. The fourth-order valence-corrected chi connectivity index (χ4v) is 4.00. The number of thiophene rings is 1. The number of fused-ring (bicyclic) bond motifs is 1. The number of esters is 1. The van der Waals surface area contributed by atoms with E-state index in [0.29, 0.717) is 12.1 Å². The number of nitrogens with zero attached hydrogens (tertiary/aromatic N) is 1. The lowest BCUT2D eigenvalue weighted by molar-refractivity contribution is -0.119. The molecule has 0 saturated heterocycles. The first kappa shape index (κ1) is 18.2. The molecule has 5 nitrogen and oxygen atoms in total. The number of hydrogen-bond acceptors (Lipinski definition) is 4. The Hall–Kier alpha value is -2.60. The maximum absolute atomic E-state index is 13.1. The van der Waals surface area contributed by atoms with Crippen LogP contribution in [0.5, 0.6) is 0 Å². The van der Waals surface area contributed by atoms with E-state index in [-0.39, 0.29) is 5.91 Å². The highest BCUT2D eigenvalue weighted by Gasteiger charge is 2.27. The lowest BCUT2D eigenvalue weighted by atomic mass is 10.1. The van der Waals surface area contributed by atoms with Crippen molar-refractivity contribution in [2.24, 2.45) is 0 Å².